The van der Waals surface area contributed by atoms with Crippen LogP contribution in [-0.4, -0.2) is 22.7 Å². The zero-order valence-corrected chi connectivity index (χ0v) is 12.2. The molecule has 1 heterocycles. The van der Waals surface area contributed by atoms with Crippen LogP contribution in [0.2, 0.25) is 0 Å². The fourth-order valence-corrected chi connectivity index (χ4v) is 2.10. The molecule has 0 radical (unpaired) electrons. The predicted octanol–water partition coefficient (Wildman–Crippen LogP) is 3.11. The number of benzene rings is 1. The molecule has 8 heteroatoms. The maximum Gasteiger partial charge on any atom is 0.291 e. The molecule has 2 aromatic rings. The van der Waals surface area contributed by atoms with E-state index in [4.69, 9.17) is 4.74 Å². The fourth-order valence-electron chi connectivity index (χ4n) is 1.48. The number of alkyl halides is 2. The maximum atomic E-state index is 12.3. The Hall–Kier alpha value is -2.09. The molecule has 112 valence electrons. The summed E-state index contributed by atoms with van der Waals surface area (Å²) in [5, 5.41) is 8.69. The van der Waals surface area contributed by atoms with Crippen LogP contribution in [-0.2, 0) is 4.79 Å². The van der Waals surface area contributed by atoms with Crippen LogP contribution < -0.4 is 10.1 Å². The lowest BCUT2D eigenvalue weighted by atomic mass is 10.1. The highest BCUT2D eigenvalue weighted by molar-refractivity contribution is 7.15. The first-order chi connectivity index (χ1) is 9.95. The van der Waals surface area contributed by atoms with Crippen molar-refractivity contribution in [2.24, 2.45) is 0 Å². The molecular formula is C13H13F2N3O2S. The van der Waals surface area contributed by atoms with E-state index >= 15 is 0 Å². The lowest BCUT2D eigenvalue weighted by Crippen LogP contribution is -2.20. The second kappa shape index (κ2) is 6.57. The summed E-state index contributed by atoms with van der Waals surface area (Å²) in [6.07, 6.45) is -2.69. The topological polar surface area (TPSA) is 64.1 Å². The Kier molecular flexibility index (Phi) is 4.79. The molecule has 21 heavy (non-hydrogen) atoms. The van der Waals surface area contributed by atoms with Gasteiger partial charge in [0.2, 0.25) is 5.13 Å². The van der Waals surface area contributed by atoms with E-state index < -0.39 is 17.3 Å². The molecule has 0 bridgehead atoms. The second-order valence-electron chi connectivity index (χ2n) is 4.33. The van der Waals surface area contributed by atoms with Crippen LogP contribution in [0.4, 0.5) is 13.9 Å². The molecule has 1 aromatic carbocycles. The first kappa shape index (κ1) is 15.3. The Bertz CT molecular complexity index is 646. The van der Waals surface area contributed by atoms with E-state index in [1.165, 1.54) is 0 Å². The van der Waals surface area contributed by atoms with Gasteiger partial charge in [-0.15, -0.1) is 10.2 Å². The standard InChI is InChI=1S/C13H13F2N3O2S/c1-7-3-4-9(5-8(7)2)20-6-10(19)16-13-18-17-12(21-13)11(14)15/h3-5,11H,6H2,1-2H3,(H,16,18,19). The number of hydrogen-bond acceptors (Lipinski definition) is 5. The van der Waals surface area contributed by atoms with Gasteiger partial charge in [0.15, 0.2) is 11.6 Å². The van der Waals surface area contributed by atoms with Crippen molar-refractivity contribution >= 4 is 22.4 Å². The van der Waals surface area contributed by atoms with E-state index in [1.807, 2.05) is 26.0 Å². The summed E-state index contributed by atoms with van der Waals surface area (Å²) >= 11 is 0.636. The number of amides is 1. The van der Waals surface area contributed by atoms with Crippen molar-refractivity contribution in [3.8, 4) is 5.75 Å². The zero-order chi connectivity index (χ0) is 15.4. The summed E-state index contributed by atoms with van der Waals surface area (Å²) in [6.45, 7) is 3.68. The van der Waals surface area contributed by atoms with Crippen LogP contribution in [0.1, 0.15) is 22.6 Å². The third kappa shape index (κ3) is 4.19. The number of carbonyl (C=O) groups excluding carboxylic acids is 1. The molecule has 0 fully saturated rings. The van der Waals surface area contributed by atoms with Crippen LogP contribution in [0.15, 0.2) is 18.2 Å². The van der Waals surface area contributed by atoms with Gasteiger partial charge in [0, 0.05) is 0 Å². The molecule has 1 amide bonds. The van der Waals surface area contributed by atoms with Crippen LogP contribution in [0.5, 0.6) is 5.75 Å². The number of rotatable bonds is 5. The molecule has 0 saturated carbocycles. The van der Waals surface area contributed by atoms with Gasteiger partial charge in [0.1, 0.15) is 5.75 Å². The number of halogens is 2. The van der Waals surface area contributed by atoms with E-state index in [0.717, 1.165) is 11.1 Å². The van der Waals surface area contributed by atoms with Crippen molar-refractivity contribution in [3.05, 3.63) is 34.3 Å². The van der Waals surface area contributed by atoms with E-state index in [1.54, 1.807) is 6.07 Å². The summed E-state index contributed by atoms with van der Waals surface area (Å²) in [6, 6.07) is 5.47. The minimum atomic E-state index is -2.69. The number of nitrogens with zero attached hydrogens (tertiary/aromatic N) is 2. The summed E-state index contributed by atoms with van der Waals surface area (Å²) in [7, 11) is 0. The first-order valence-electron chi connectivity index (χ1n) is 6.07. The number of ether oxygens (including phenoxy) is 1. The number of aryl methyl sites for hydroxylation is 2. The zero-order valence-electron chi connectivity index (χ0n) is 11.4. The molecule has 1 N–H and O–H groups in total. The molecule has 0 aliphatic heterocycles. The van der Waals surface area contributed by atoms with E-state index in [9.17, 15) is 13.6 Å². The number of anilines is 1. The van der Waals surface area contributed by atoms with Crippen LogP contribution in [0.25, 0.3) is 0 Å². The fraction of sp³-hybridized carbons (Fsp3) is 0.308. The van der Waals surface area contributed by atoms with Crippen molar-refractivity contribution in [2.75, 3.05) is 11.9 Å². The molecule has 5 nitrogen and oxygen atoms in total. The third-order valence-corrected chi connectivity index (χ3v) is 3.57. The third-order valence-electron chi connectivity index (χ3n) is 2.72. The van der Waals surface area contributed by atoms with Crippen LogP contribution in [0, 0.1) is 13.8 Å². The smallest absolute Gasteiger partial charge is 0.291 e. The van der Waals surface area contributed by atoms with Gasteiger partial charge in [-0.25, -0.2) is 8.78 Å². The average Bonchev–Trinajstić information content (AvgIpc) is 2.89. The van der Waals surface area contributed by atoms with Crippen molar-refractivity contribution < 1.29 is 18.3 Å². The van der Waals surface area contributed by atoms with Gasteiger partial charge >= 0.3 is 0 Å². The first-order valence-corrected chi connectivity index (χ1v) is 6.89. The second-order valence-corrected chi connectivity index (χ2v) is 5.34. The number of hydrogen-bond donors (Lipinski definition) is 1. The molecule has 0 aliphatic rings. The van der Waals surface area contributed by atoms with Crippen molar-refractivity contribution in [2.45, 2.75) is 20.3 Å². The summed E-state index contributed by atoms with van der Waals surface area (Å²) in [4.78, 5) is 11.6. The quantitative estimate of drug-likeness (QED) is 0.921. The van der Waals surface area contributed by atoms with E-state index in [0.29, 0.717) is 17.1 Å². The summed E-state index contributed by atoms with van der Waals surface area (Å²) in [5.74, 6) is 0.0870. The van der Waals surface area contributed by atoms with Crippen molar-refractivity contribution in [1.29, 1.82) is 0 Å². The monoisotopic (exact) mass is 313 g/mol. The molecule has 1 aromatic heterocycles. The molecular weight excluding hydrogens is 300 g/mol. The van der Waals surface area contributed by atoms with Crippen LogP contribution in [0.3, 0.4) is 0 Å². The predicted molar refractivity (Wildman–Crippen MR) is 74.9 cm³/mol. The highest BCUT2D eigenvalue weighted by Crippen LogP contribution is 2.25. The van der Waals surface area contributed by atoms with E-state index in [2.05, 4.69) is 15.5 Å². The maximum absolute atomic E-state index is 12.3. The Labute approximate surface area is 124 Å². The minimum absolute atomic E-state index is 0.0268. The van der Waals surface area contributed by atoms with Crippen molar-refractivity contribution in [3.63, 3.8) is 0 Å². The number of nitrogens with one attached hydrogen (secondary N) is 1. The van der Waals surface area contributed by atoms with Gasteiger partial charge in [-0.2, -0.15) is 0 Å². The normalized spacial score (nSPS) is 10.7. The summed E-state index contributed by atoms with van der Waals surface area (Å²) in [5.41, 5.74) is 2.18. The van der Waals surface area contributed by atoms with E-state index in [-0.39, 0.29) is 11.7 Å². The molecule has 0 aliphatic carbocycles. The highest BCUT2D eigenvalue weighted by atomic mass is 32.1. The Morgan fingerprint density at radius 1 is 1.33 bits per heavy atom. The number of aromatic nitrogens is 2. The lowest BCUT2D eigenvalue weighted by molar-refractivity contribution is -0.118. The Morgan fingerprint density at radius 3 is 2.71 bits per heavy atom. The van der Waals surface area contributed by atoms with Crippen LogP contribution >= 0.6 is 11.3 Å². The van der Waals surface area contributed by atoms with Gasteiger partial charge in [0.25, 0.3) is 12.3 Å². The van der Waals surface area contributed by atoms with Gasteiger partial charge < -0.3 is 4.74 Å². The average molecular weight is 313 g/mol. The molecule has 0 saturated heterocycles. The molecule has 0 spiro atoms. The van der Waals surface area contributed by atoms with Crippen molar-refractivity contribution in [1.82, 2.24) is 10.2 Å². The van der Waals surface area contributed by atoms with Gasteiger partial charge in [0.05, 0.1) is 0 Å². The van der Waals surface area contributed by atoms with Gasteiger partial charge in [-0.3, -0.25) is 10.1 Å². The Balaban J connectivity index is 1.88. The summed E-state index contributed by atoms with van der Waals surface area (Å²) < 4.78 is 30.0. The Morgan fingerprint density at radius 2 is 2.10 bits per heavy atom. The SMILES string of the molecule is Cc1ccc(OCC(=O)Nc2nnc(C(F)F)s2)cc1C. The van der Waals surface area contributed by atoms with Gasteiger partial charge in [-0.05, 0) is 37.1 Å². The molecule has 0 atom stereocenters. The lowest BCUT2D eigenvalue weighted by Gasteiger charge is -2.07. The highest BCUT2D eigenvalue weighted by Gasteiger charge is 2.15. The van der Waals surface area contributed by atoms with Gasteiger partial charge in [-0.1, -0.05) is 17.4 Å². The minimum Gasteiger partial charge on any atom is -0.484 e. The largest absolute Gasteiger partial charge is 0.484 e. The number of carbonyl (C=O) groups is 1. The molecule has 0 unspecified atom stereocenters. The molecule has 2 rings (SSSR count).